The molecule has 7 heteroatoms. The maximum atomic E-state index is 12.7. The van der Waals surface area contributed by atoms with Crippen LogP contribution < -0.4 is 0 Å². The highest BCUT2D eigenvalue weighted by atomic mass is 32.2. The highest BCUT2D eigenvalue weighted by Gasteiger charge is 2.27. The zero-order chi connectivity index (χ0) is 16.9. The molecule has 0 atom stereocenters. The van der Waals surface area contributed by atoms with Gasteiger partial charge in [-0.2, -0.15) is 23.5 Å². The molecule has 1 aromatic heterocycles. The summed E-state index contributed by atoms with van der Waals surface area (Å²) < 4.78 is 5.28. The number of rotatable bonds is 3. The summed E-state index contributed by atoms with van der Waals surface area (Å²) in [5.41, 5.74) is 0.849. The Kier molecular flexibility index (Phi) is 6.52. The third-order valence-electron chi connectivity index (χ3n) is 4.66. The van der Waals surface area contributed by atoms with E-state index in [1.54, 1.807) is 6.07 Å². The Labute approximate surface area is 152 Å². The van der Waals surface area contributed by atoms with Crippen LogP contribution >= 0.6 is 23.5 Å². The molecule has 0 aliphatic carbocycles. The quantitative estimate of drug-likeness (QED) is 0.817. The van der Waals surface area contributed by atoms with E-state index >= 15 is 0 Å². The lowest BCUT2D eigenvalue weighted by atomic mass is 10.1. The minimum absolute atomic E-state index is 0.0131. The standard InChI is InChI=1S/C17H27N3O2S2/c1-13(2)15-10-16(22-18-15)17(21)20-5-3-4-19(6-7-20)14-11-23-8-9-24-12-14/h10,13-14H,3-9,11-12H2,1-2H3. The number of hydrogen-bond donors (Lipinski definition) is 0. The Morgan fingerprint density at radius 2 is 1.96 bits per heavy atom. The smallest absolute Gasteiger partial charge is 0.292 e. The molecule has 2 fully saturated rings. The molecule has 0 radical (unpaired) electrons. The fourth-order valence-corrected chi connectivity index (χ4v) is 5.77. The average Bonchev–Trinajstić information content (AvgIpc) is 2.77. The van der Waals surface area contributed by atoms with Gasteiger partial charge >= 0.3 is 0 Å². The van der Waals surface area contributed by atoms with Gasteiger partial charge in [-0.3, -0.25) is 9.69 Å². The molecular formula is C17H27N3O2S2. The predicted octanol–water partition coefficient (Wildman–Crippen LogP) is 2.79. The summed E-state index contributed by atoms with van der Waals surface area (Å²) in [6, 6.07) is 2.45. The molecule has 24 heavy (non-hydrogen) atoms. The van der Waals surface area contributed by atoms with Crippen molar-refractivity contribution in [1.82, 2.24) is 15.0 Å². The van der Waals surface area contributed by atoms with Crippen LogP contribution in [0, 0.1) is 0 Å². The van der Waals surface area contributed by atoms with Crippen LogP contribution in [0.15, 0.2) is 10.6 Å². The summed E-state index contributed by atoms with van der Waals surface area (Å²) in [6.07, 6.45) is 1.03. The van der Waals surface area contributed by atoms with Crippen LogP contribution in [0.3, 0.4) is 0 Å². The molecule has 1 aromatic rings. The predicted molar refractivity (Wildman–Crippen MR) is 101 cm³/mol. The van der Waals surface area contributed by atoms with Crippen molar-refractivity contribution in [3.8, 4) is 0 Å². The molecule has 2 aliphatic heterocycles. The van der Waals surface area contributed by atoms with Gasteiger partial charge in [-0.1, -0.05) is 19.0 Å². The number of amides is 1. The zero-order valence-electron chi connectivity index (χ0n) is 14.6. The van der Waals surface area contributed by atoms with Crippen LogP contribution in [0.25, 0.3) is 0 Å². The summed E-state index contributed by atoms with van der Waals surface area (Å²) in [5.74, 6) is 5.63. The van der Waals surface area contributed by atoms with Crippen LogP contribution in [0.1, 0.15) is 42.4 Å². The number of carbonyl (C=O) groups excluding carboxylic acids is 1. The highest BCUT2D eigenvalue weighted by molar-refractivity contribution is 8.03. The van der Waals surface area contributed by atoms with Crippen molar-refractivity contribution < 1.29 is 9.32 Å². The van der Waals surface area contributed by atoms with Crippen LogP contribution in [-0.2, 0) is 0 Å². The van der Waals surface area contributed by atoms with E-state index in [-0.39, 0.29) is 11.8 Å². The summed E-state index contributed by atoms with van der Waals surface area (Å²) >= 11 is 4.13. The van der Waals surface area contributed by atoms with Gasteiger partial charge in [-0.15, -0.1) is 0 Å². The van der Waals surface area contributed by atoms with Gasteiger partial charge in [0, 0.05) is 61.3 Å². The molecule has 134 valence electrons. The molecule has 3 rings (SSSR count). The first kappa shape index (κ1) is 18.1. The zero-order valence-corrected chi connectivity index (χ0v) is 16.2. The van der Waals surface area contributed by atoms with E-state index < -0.39 is 0 Å². The molecule has 0 N–H and O–H groups in total. The largest absolute Gasteiger partial charge is 0.351 e. The second-order valence-corrected chi connectivity index (χ2v) is 9.06. The maximum Gasteiger partial charge on any atom is 0.292 e. The Hall–Kier alpha value is -0.660. The van der Waals surface area contributed by atoms with Gasteiger partial charge in [0.25, 0.3) is 5.91 Å². The van der Waals surface area contributed by atoms with Gasteiger partial charge in [-0.25, -0.2) is 0 Å². The lowest BCUT2D eigenvalue weighted by molar-refractivity contribution is 0.0717. The normalized spacial score (nSPS) is 21.7. The van der Waals surface area contributed by atoms with Crippen molar-refractivity contribution in [1.29, 1.82) is 0 Å². The molecule has 0 aromatic carbocycles. The lowest BCUT2D eigenvalue weighted by Gasteiger charge is -2.29. The lowest BCUT2D eigenvalue weighted by Crippen LogP contribution is -2.41. The first-order valence-electron chi connectivity index (χ1n) is 8.80. The van der Waals surface area contributed by atoms with E-state index in [2.05, 4.69) is 47.4 Å². The monoisotopic (exact) mass is 369 g/mol. The van der Waals surface area contributed by atoms with E-state index in [1.165, 1.54) is 23.0 Å². The topological polar surface area (TPSA) is 49.6 Å². The average molecular weight is 370 g/mol. The number of hydrogen-bond acceptors (Lipinski definition) is 6. The minimum Gasteiger partial charge on any atom is -0.351 e. The van der Waals surface area contributed by atoms with Crippen molar-refractivity contribution in [2.75, 3.05) is 49.2 Å². The van der Waals surface area contributed by atoms with Gasteiger partial charge in [0.1, 0.15) is 0 Å². The summed E-state index contributed by atoms with van der Waals surface area (Å²) in [4.78, 5) is 17.2. The van der Waals surface area contributed by atoms with Gasteiger partial charge < -0.3 is 9.42 Å². The fourth-order valence-electron chi connectivity index (χ4n) is 3.14. The second kappa shape index (κ2) is 8.63. The van der Waals surface area contributed by atoms with Crippen molar-refractivity contribution in [2.45, 2.75) is 32.2 Å². The third kappa shape index (κ3) is 4.49. The molecule has 0 spiro atoms. The summed E-state index contributed by atoms with van der Waals surface area (Å²) in [5, 5.41) is 4.02. The first-order valence-corrected chi connectivity index (χ1v) is 11.1. The molecule has 2 aliphatic rings. The van der Waals surface area contributed by atoms with E-state index in [1.807, 2.05) is 4.90 Å². The Balaban J connectivity index is 1.58. The SMILES string of the molecule is CC(C)c1cc(C(=O)N2CCCN(C3CSCCSC3)CC2)on1. The first-order chi connectivity index (χ1) is 11.6. The van der Waals surface area contributed by atoms with Crippen molar-refractivity contribution in [3.63, 3.8) is 0 Å². The Morgan fingerprint density at radius 1 is 1.21 bits per heavy atom. The molecule has 0 bridgehead atoms. The second-order valence-electron chi connectivity index (χ2n) is 6.76. The molecule has 2 saturated heterocycles. The maximum absolute atomic E-state index is 12.7. The van der Waals surface area contributed by atoms with Gasteiger partial charge in [-0.05, 0) is 12.3 Å². The van der Waals surface area contributed by atoms with Gasteiger partial charge in [0.05, 0.1) is 5.69 Å². The van der Waals surface area contributed by atoms with E-state index in [4.69, 9.17) is 4.52 Å². The molecule has 3 heterocycles. The van der Waals surface area contributed by atoms with E-state index in [9.17, 15) is 4.79 Å². The number of thioether (sulfide) groups is 2. The van der Waals surface area contributed by atoms with E-state index in [0.29, 0.717) is 11.8 Å². The van der Waals surface area contributed by atoms with Crippen LogP contribution in [0.4, 0.5) is 0 Å². The Morgan fingerprint density at radius 3 is 2.62 bits per heavy atom. The summed E-state index contributed by atoms with van der Waals surface area (Å²) in [7, 11) is 0. The number of nitrogens with zero attached hydrogens (tertiary/aromatic N) is 3. The van der Waals surface area contributed by atoms with Crippen molar-refractivity contribution in [3.05, 3.63) is 17.5 Å². The van der Waals surface area contributed by atoms with Gasteiger partial charge in [0.2, 0.25) is 5.76 Å². The van der Waals surface area contributed by atoms with Crippen LogP contribution in [0.5, 0.6) is 0 Å². The molecule has 1 amide bonds. The fraction of sp³-hybridized carbons (Fsp3) is 0.765. The summed E-state index contributed by atoms with van der Waals surface area (Å²) in [6.45, 7) is 7.74. The van der Waals surface area contributed by atoms with Crippen molar-refractivity contribution >= 4 is 29.4 Å². The number of carbonyl (C=O) groups is 1. The minimum atomic E-state index is -0.0131. The van der Waals surface area contributed by atoms with Crippen LogP contribution in [0.2, 0.25) is 0 Å². The van der Waals surface area contributed by atoms with Crippen molar-refractivity contribution in [2.24, 2.45) is 0 Å². The molecule has 5 nitrogen and oxygen atoms in total. The Bertz CT molecular complexity index is 542. The number of aromatic nitrogens is 1. The third-order valence-corrected chi connectivity index (χ3v) is 7.14. The molecule has 0 saturated carbocycles. The molecule has 0 unspecified atom stereocenters. The molecular weight excluding hydrogens is 342 g/mol. The van der Waals surface area contributed by atoms with Crippen LogP contribution in [-0.4, -0.2) is 76.1 Å². The van der Waals surface area contributed by atoms with Gasteiger partial charge in [0.15, 0.2) is 0 Å². The highest BCUT2D eigenvalue weighted by Crippen LogP contribution is 2.22. The van der Waals surface area contributed by atoms with E-state index in [0.717, 1.165) is 38.3 Å².